The SMILES string of the molecule is CC(C)(C)c1ccc(C(=O)N[C@@H]2CCC[C@@H](Nc3nc(Nc4ccc(OCCO)cc4)ncc3F)C2)cc1. The van der Waals surface area contributed by atoms with Crippen molar-refractivity contribution in [3.05, 3.63) is 71.7 Å². The number of carbonyl (C=O) groups excluding carboxylic acids is 1. The summed E-state index contributed by atoms with van der Waals surface area (Å²) in [5, 5.41) is 18.3. The van der Waals surface area contributed by atoms with Crippen molar-refractivity contribution in [1.29, 1.82) is 0 Å². The topological polar surface area (TPSA) is 108 Å². The summed E-state index contributed by atoms with van der Waals surface area (Å²) in [6, 6.07) is 14.8. The summed E-state index contributed by atoms with van der Waals surface area (Å²) in [6.07, 6.45) is 4.45. The van der Waals surface area contributed by atoms with E-state index in [1.54, 1.807) is 24.3 Å². The molecule has 0 unspecified atom stereocenters. The second kappa shape index (κ2) is 12.2. The summed E-state index contributed by atoms with van der Waals surface area (Å²) in [5.41, 5.74) is 2.57. The average Bonchev–Trinajstić information content (AvgIpc) is 2.90. The number of amides is 1. The fourth-order valence-corrected chi connectivity index (χ4v) is 4.49. The quantitative estimate of drug-likeness (QED) is 0.307. The largest absolute Gasteiger partial charge is 0.491 e. The maximum atomic E-state index is 14.6. The lowest BCUT2D eigenvalue weighted by Crippen LogP contribution is -2.42. The van der Waals surface area contributed by atoms with Crippen LogP contribution in [0.25, 0.3) is 0 Å². The van der Waals surface area contributed by atoms with Crippen molar-refractivity contribution < 1.29 is 19.0 Å². The first-order valence-electron chi connectivity index (χ1n) is 13.0. The van der Waals surface area contributed by atoms with Gasteiger partial charge in [0, 0.05) is 23.3 Å². The van der Waals surface area contributed by atoms with Crippen molar-refractivity contribution in [3.63, 3.8) is 0 Å². The molecule has 0 saturated heterocycles. The van der Waals surface area contributed by atoms with E-state index in [4.69, 9.17) is 9.84 Å². The van der Waals surface area contributed by atoms with E-state index < -0.39 is 5.82 Å². The molecular formula is C29H36FN5O3. The number of aliphatic hydroxyl groups excluding tert-OH is 1. The van der Waals surface area contributed by atoms with Gasteiger partial charge in [-0.15, -0.1) is 0 Å². The zero-order valence-electron chi connectivity index (χ0n) is 22.1. The van der Waals surface area contributed by atoms with Gasteiger partial charge in [0.25, 0.3) is 5.91 Å². The molecule has 0 aliphatic heterocycles. The molecule has 9 heteroatoms. The van der Waals surface area contributed by atoms with E-state index in [2.05, 4.69) is 46.7 Å². The van der Waals surface area contributed by atoms with Crippen LogP contribution in [0.3, 0.4) is 0 Å². The minimum atomic E-state index is -0.534. The molecule has 0 bridgehead atoms. The molecule has 1 aliphatic carbocycles. The lowest BCUT2D eigenvalue weighted by atomic mass is 9.86. The van der Waals surface area contributed by atoms with Crippen molar-refractivity contribution in [3.8, 4) is 5.75 Å². The van der Waals surface area contributed by atoms with Crippen LogP contribution in [0.1, 0.15) is 62.4 Å². The number of aromatic nitrogens is 2. The maximum Gasteiger partial charge on any atom is 0.251 e. The molecule has 1 aliphatic rings. The van der Waals surface area contributed by atoms with Gasteiger partial charge in [-0.05, 0) is 73.1 Å². The van der Waals surface area contributed by atoms with Gasteiger partial charge in [-0.2, -0.15) is 4.98 Å². The second-order valence-corrected chi connectivity index (χ2v) is 10.6. The number of hydrogen-bond acceptors (Lipinski definition) is 7. The molecule has 2 aromatic carbocycles. The van der Waals surface area contributed by atoms with Gasteiger partial charge in [0.1, 0.15) is 12.4 Å². The molecule has 2 atom stereocenters. The van der Waals surface area contributed by atoms with Crippen LogP contribution >= 0.6 is 0 Å². The minimum Gasteiger partial charge on any atom is -0.491 e. The Balaban J connectivity index is 1.34. The molecule has 38 heavy (non-hydrogen) atoms. The third-order valence-corrected chi connectivity index (χ3v) is 6.58. The molecule has 3 aromatic rings. The van der Waals surface area contributed by atoms with Crippen LogP contribution in [0, 0.1) is 5.82 Å². The van der Waals surface area contributed by atoms with Gasteiger partial charge in [-0.25, -0.2) is 9.37 Å². The number of halogens is 1. The predicted molar refractivity (Wildman–Crippen MR) is 147 cm³/mol. The summed E-state index contributed by atoms with van der Waals surface area (Å²) in [5.74, 6) is 0.391. The second-order valence-electron chi connectivity index (χ2n) is 10.6. The summed E-state index contributed by atoms with van der Waals surface area (Å²) >= 11 is 0. The number of hydrogen-bond donors (Lipinski definition) is 4. The highest BCUT2D eigenvalue weighted by atomic mass is 19.1. The highest BCUT2D eigenvalue weighted by Crippen LogP contribution is 2.26. The zero-order chi connectivity index (χ0) is 27.1. The predicted octanol–water partition coefficient (Wildman–Crippen LogP) is 5.18. The Morgan fingerprint density at radius 1 is 1.08 bits per heavy atom. The average molecular weight is 522 g/mol. The van der Waals surface area contributed by atoms with Crippen LogP contribution in [0.15, 0.2) is 54.7 Å². The highest BCUT2D eigenvalue weighted by Gasteiger charge is 2.25. The molecule has 202 valence electrons. The van der Waals surface area contributed by atoms with E-state index in [1.807, 2.05) is 24.3 Å². The molecule has 0 spiro atoms. The van der Waals surface area contributed by atoms with Gasteiger partial charge in [-0.3, -0.25) is 4.79 Å². The number of anilines is 3. The van der Waals surface area contributed by atoms with Crippen LogP contribution in [-0.4, -0.2) is 46.3 Å². The first kappa shape index (κ1) is 27.3. The fraction of sp³-hybridized carbons (Fsp3) is 0.414. The van der Waals surface area contributed by atoms with Crippen LogP contribution in [-0.2, 0) is 5.41 Å². The monoisotopic (exact) mass is 521 g/mol. The minimum absolute atomic E-state index is 0.00916. The summed E-state index contributed by atoms with van der Waals surface area (Å²) in [4.78, 5) is 21.2. The van der Waals surface area contributed by atoms with Crippen molar-refractivity contribution in [1.82, 2.24) is 15.3 Å². The third kappa shape index (κ3) is 7.41. The van der Waals surface area contributed by atoms with Gasteiger partial charge < -0.3 is 25.8 Å². The van der Waals surface area contributed by atoms with Gasteiger partial charge in [0.05, 0.1) is 12.8 Å². The standard InChI is InChI=1S/C29H36FN5O3/c1-29(2,3)20-9-7-19(8-10-20)27(37)33-23-6-4-5-22(17-23)32-26-25(30)18-31-28(35-26)34-21-11-13-24(14-12-21)38-16-15-36/h7-14,18,22-23,36H,4-6,15-17H2,1-3H3,(H,33,37)(H2,31,32,34,35)/t22-,23-/m1/s1. The third-order valence-electron chi connectivity index (χ3n) is 6.58. The van der Waals surface area contributed by atoms with Gasteiger partial charge in [0.2, 0.25) is 5.95 Å². The molecular weight excluding hydrogens is 485 g/mol. The normalized spacial score (nSPS) is 17.5. The Bertz CT molecular complexity index is 1210. The summed E-state index contributed by atoms with van der Waals surface area (Å²) in [7, 11) is 0. The Hall–Kier alpha value is -3.72. The first-order chi connectivity index (χ1) is 18.2. The number of rotatable bonds is 9. The Morgan fingerprint density at radius 2 is 1.79 bits per heavy atom. The Labute approximate surface area is 223 Å². The zero-order valence-corrected chi connectivity index (χ0v) is 22.1. The summed E-state index contributed by atoms with van der Waals surface area (Å²) in [6.45, 7) is 6.60. The number of carbonyl (C=O) groups is 1. The van der Waals surface area contributed by atoms with Crippen LogP contribution in [0.2, 0.25) is 0 Å². The van der Waals surface area contributed by atoms with Gasteiger partial charge in [0.15, 0.2) is 11.6 Å². The van der Waals surface area contributed by atoms with E-state index in [0.717, 1.165) is 31.1 Å². The van der Waals surface area contributed by atoms with Crippen molar-refractivity contribution >= 4 is 23.4 Å². The van der Waals surface area contributed by atoms with Crippen LogP contribution < -0.4 is 20.7 Å². The van der Waals surface area contributed by atoms with Crippen molar-refractivity contribution in [2.75, 3.05) is 23.8 Å². The van der Waals surface area contributed by atoms with Crippen LogP contribution in [0.5, 0.6) is 5.75 Å². The van der Waals surface area contributed by atoms with E-state index in [1.165, 1.54) is 5.56 Å². The lowest BCUT2D eigenvalue weighted by Gasteiger charge is -2.30. The number of ether oxygens (including phenoxy) is 1. The number of nitrogens with one attached hydrogen (secondary N) is 3. The van der Waals surface area contributed by atoms with Crippen molar-refractivity contribution in [2.45, 2.75) is 64.0 Å². The van der Waals surface area contributed by atoms with Crippen LogP contribution in [0.4, 0.5) is 21.8 Å². The van der Waals surface area contributed by atoms with E-state index in [0.29, 0.717) is 17.7 Å². The Kier molecular flexibility index (Phi) is 8.78. The van der Waals surface area contributed by atoms with E-state index in [-0.39, 0.29) is 48.4 Å². The highest BCUT2D eigenvalue weighted by molar-refractivity contribution is 5.94. The number of aliphatic hydroxyl groups is 1. The van der Waals surface area contributed by atoms with E-state index in [9.17, 15) is 9.18 Å². The Morgan fingerprint density at radius 3 is 2.47 bits per heavy atom. The fourth-order valence-electron chi connectivity index (χ4n) is 4.49. The first-order valence-corrected chi connectivity index (χ1v) is 13.0. The summed E-state index contributed by atoms with van der Waals surface area (Å²) < 4.78 is 19.9. The van der Waals surface area contributed by atoms with E-state index >= 15 is 0 Å². The molecule has 1 amide bonds. The molecule has 1 saturated carbocycles. The molecule has 4 rings (SSSR count). The number of nitrogens with zero attached hydrogens (tertiary/aromatic N) is 2. The lowest BCUT2D eigenvalue weighted by molar-refractivity contribution is 0.0926. The molecule has 1 aromatic heterocycles. The van der Waals surface area contributed by atoms with Gasteiger partial charge in [-0.1, -0.05) is 32.9 Å². The molecule has 8 nitrogen and oxygen atoms in total. The number of benzene rings is 2. The smallest absolute Gasteiger partial charge is 0.251 e. The molecule has 1 fully saturated rings. The molecule has 1 heterocycles. The molecule has 0 radical (unpaired) electrons. The van der Waals surface area contributed by atoms with Gasteiger partial charge >= 0.3 is 0 Å². The maximum absolute atomic E-state index is 14.6. The molecule has 4 N–H and O–H groups in total. The van der Waals surface area contributed by atoms with Crippen molar-refractivity contribution in [2.24, 2.45) is 0 Å².